The van der Waals surface area contributed by atoms with Crippen molar-refractivity contribution in [3.05, 3.63) is 0 Å². The van der Waals surface area contributed by atoms with Gasteiger partial charge in [-0.15, -0.1) is 12.4 Å². The Morgan fingerprint density at radius 1 is 1.42 bits per heavy atom. The zero-order valence-corrected chi connectivity index (χ0v) is 7.43. The molecule has 0 saturated carbocycles. The Balaban J connectivity index is 0. The van der Waals surface area contributed by atoms with Gasteiger partial charge in [-0.25, -0.2) is 0 Å². The third kappa shape index (κ3) is 5.94. The van der Waals surface area contributed by atoms with Crippen molar-refractivity contribution in [2.45, 2.75) is 18.9 Å². The number of nitrogens with one attached hydrogen (secondary N) is 1. The Kier molecular flexibility index (Phi) is 7.88. The van der Waals surface area contributed by atoms with Crippen molar-refractivity contribution in [2.75, 3.05) is 7.05 Å². The molecule has 1 atom stereocenters. The van der Waals surface area contributed by atoms with E-state index >= 15 is 0 Å². The molecule has 0 amide bonds. The molecule has 5 nitrogen and oxygen atoms in total. The zero-order valence-electron chi connectivity index (χ0n) is 6.61. The average molecular weight is 198 g/mol. The third-order valence-corrected chi connectivity index (χ3v) is 1.29. The molecule has 0 aromatic carbocycles. The number of rotatable bonds is 5. The van der Waals surface area contributed by atoms with Crippen molar-refractivity contribution in [3.63, 3.8) is 0 Å². The predicted octanol–water partition coefficient (Wildman–Crippen LogP) is -0.0544. The number of carboxylic acids is 2. The second-order valence-corrected chi connectivity index (χ2v) is 2.11. The fourth-order valence-electron chi connectivity index (χ4n) is 0.659. The molecule has 0 fully saturated rings. The smallest absolute Gasteiger partial charge is 0.320 e. The highest BCUT2D eigenvalue weighted by atomic mass is 35.5. The highest BCUT2D eigenvalue weighted by Crippen LogP contribution is 1.96. The number of likely N-dealkylation sites (N-methyl/N-ethyl adjacent to an activating group) is 1. The monoisotopic (exact) mass is 197 g/mol. The van der Waals surface area contributed by atoms with E-state index in [-0.39, 0.29) is 25.2 Å². The van der Waals surface area contributed by atoms with Crippen LogP contribution in [-0.2, 0) is 9.59 Å². The van der Waals surface area contributed by atoms with E-state index in [1.54, 1.807) is 0 Å². The lowest BCUT2D eigenvalue weighted by molar-refractivity contribution is -0.140. The number of carbonyl (C=O) groups is 2. The van der Waals surface area contributed by atoms with Gasteiger partial charge in [-0.3, -0.25) is 9.59 Å². The number of hydrogen-bond acceptors (Lipinski definition) is 3. The molecule has 0 rings (SSSR count). The van der Waals surface area contributed by atoms with Crippen LogP contribution in [0.25, 0.3) is 0 Å². The van der Waals surface area contributed by atoms with Crippen LogP contribution in [0.5, 0.6) is 0 Å². The summed E-state index contributed by atoms with van der Waals surface area (Å²) in [5.41, 5.74) is 0. The second-order valence-electron chi connectivity index (χ2n) is 2.11. The maximum absolute atomic E-state index is 10.3. The highest BCUT2D eigenvalue weighted by Gasteiger charge is 2.15. The number of halogens is 1. The summed E-state index contributed by atoms with van der Waals surface area (Å²) in [6.07, 6.45) is -0.0149. The molecule has 0 unspecified atom stereocenters. The van der Waals surface area contributed by atoms with Gasteiger partial charge >= 0.3 is 11.9 Å². The Hall–Kier alpha value is -0.810. The molecule has 0 heterocycles. The molecule has 0 spiro atoms. The van der Waals surface area contributed by atoms with Crippen molar-refractivity contribution < 1.29 is 19.8 Å². The molecule has 0 aromatic rings. The van der Waals surface area contributed by atoms with Gasteiger partial charge in [0.2, 0.25) is 0 Å². The fourth-order valence-corrected chi connectivity index (χ4v) is 0.659. The summed E-state index contributed by atoms with van der Waals surface area (Å²) in [6.45, 7) is 0. The Morgan fingerprint density at radius 2 is 1.92 bits per heavy atom. The Morgan fingerprint density at radius 3 is 2.17 bits per heavy atom. The summed E-state index contributed by atoms with van der Waals surface area (Å²) >= 11 is 0. The molecular formula is C6H12ClNO4. The molecule has 6 heteroatoms. The summed E-state index contributed by atoms with van der Waals surface area (Å²) in [7, 11) is 1.49. The molecular weight excluding hydrogens is 186 g/mol. The molecule has 0 aliphatic carbocycles. The quantitative estimate of drug-likeness (QED) is 0.575. The van der Waals surface area contributed by atoms with Gasteiger partial charge in [-0.05, 0) is 13.5 Å². The number of hydrogen-bond donors (Lipinski definition) is 3. The molecule has 0 aromatic heterocycles. The van der Waals surface area contributed by atoms with Gasteiger partial charge in [0, 0.05) is 6.42 Å². The first kappa shape index (κ1) is 13.8. The van der Waals surface area contributed by atoms with Crippen molar-refractivity contribution >= 4 is 24.3 Å². The van der Waals surface area contributed by atoms with E-state index in [9.17, 15) is 9.59 Å². The van der Waals surface area contributed by atoms with Crippen LogP contribution in [0.2, 0.25) is 0 Å². The maximum atomic E-state index is 10.3. The van der Waals surface area contributed by atoms with Crippen LogP contribution in [0.4, 0.5) is 0 Å². The van der Waals surface area contributed by atoms with Crippen LogP contribution in [0.1, 0.15) is 12.8 Å². The van der Waals surface area contributed by atoms with E-state index in [4.69, 9.17) is 10.2 Å². The van der Waals surface area contributed by atoms with Gasteiger partial charge in [0.25, 0.3) is 0 Å². The largest absolute Gasteiger partial charge is 0.481 e. The third-order valence-electron chi connectivity index (χ3n) is 1.29. The van der Waals surface area contributed by atoms with Crippen LogP contribution in [0.3, 0.4) is 0 Å². The first-order valence-corrected chi connectivity index (χ1v) is 3.19. The van der Waals surface area contributed by atoms with E-state index in [1.807, 2.05) is 0 Å². The fraction of sp³-hybridized carbons (Fsp3) is 0.667. The molecule has 0 bridgehead atoms. The van der Waals surface area contributed by atoms with Gasteiger partial charge in [-0.2, -0.15) is 0 Å². The summed E-state index contributed by atoms with van der Waals surface area (Å²) in [5, 5.41) is 19.1. The van der Waals surface area contributed by atoms with E-state index in [0.717, 1.165) is 0 Å². The molecule has 0 aliphatic rings. The van der Waals surface area contributed by atoms with Crippen molar-refractivity contribution in [3.8, 4) is 0 Å². The van der Waals surface area contributed by atoms with Crippen LogP contribution < -0.4 is 5.32 Å². The van der Waals surface area contributed by atoms with Gasteiger partial charge in [0.05, 0.1) is 0 Å². The lowest BCUT2D eigenvalue weighted by Crippen LogP contribution is -2.34. The minimum absolute atomic E-state index is 0. The second kappa shape index (κ2) is 6.87. The number of carboxylic acid groups (broad SMARTS) is 2. The van der Waals surface area contributed by atoms with Crippen molar-refractivity contribution in [1.82, 2.24) is 5.32 Å². The van der Waals surface area contributed by atoms with E-state index in [0.29, 0.717) is 0 Å². The standard InChI is InChI=1S/C6H11NO4.ClH/c1-7-4(6(10)11)2-3-5(8)9;/h4,7H,2-3H2,1H3,(H,8,9)(H,10,11);1H/t4-;/m1./s1. The minimum atomic E-state index is -1.02. The van der Waals surface area contributed by atoms with Crippen molar-refractivity contribution in [2.24, 2.45) is 0 Å². The van der Waals surface area contributed by atoms with Gasteiger partial charge in [-0.1, -0.05) is 0 Å². The van der Waals surface area contributed by atoms with Crippen LogP contribution in [0.15, 0.2) is 0 Å². The molecule has 0 aliphatic heterocycles. The van der Waals surface area contributed by atoms with Crippen LogP contribution in [-0.4, -0.2) is 35.2 Å². The molecule has 0 saturated heterocycles. The topological polar surface area (TPSA) is 86.6 Å². The van der Waals surface area contributed by atoms with Crippen LogP contribution >= 0.6 is 12.4 Å². The minimum Gasteiger partial charge on any atom is -0.481 e. The predicted molar refractivity (Wildman–Crippen MR) is 44.6 cm³/mol. The summed E-state index contributed by atoms with van der Waals surface area (Å²) in [4.78, 5) is 20.3. The van der Waals surface area contributed by atoms with E-state index in [2.05, 4.69) is 5.32 Å². The lowest BCUT2D eigenvalue weighted by atomic mass is 10.1. The SMILES string of the molecule is CN[C@H](CCC(=O)O)C(=O)O.Cl. The van der Waals surface area contributed by atoms with E-state index in [1.165, 1.54) is 7.05 Å². The zero-order chi connectivity index (χ0) is 8.85. The normalized spacial score (nSPS) is 11.4. The molecule has 0 radical (unpaired) electrons. The average Bonchev–Trinajstić information content (AvgIpc) is 1.87. The summed E-state index contributed by atoms with van der Waals surface area (Å²) in [5.74, 6) is -2.00. The van der Waals surface area contributed by atoms with Crippen molar-refractivity contribution in [1.29, 1.82) is 0 Å². The Bertz CT molecular complexity index is 162. The summed E-state index contributed by atoms with van der Waals surface area (Å²) in [6, 6.07) is -0.758. The van der Waals surface area contributed by atoms with Gasteiger partial charge in [0.1, 0.15) is 6.04 Å². The number of aliphatic carboxylic acids is 2. The lowest BCUT2D eigenvalue weighted by Gasteiger charge is -2.07. The van der Waals surface area contributed by atoms with Crippen LogP contribution in [0, 0.1) is 0 Å². The Labute approximate surface area is 76.2 Å². The first-order chi connectivity index (χ1) is 5.07. The maximum Gasteiger partial charge on any atom is 0.320 e. The van der Waals surface area contributed by atoms with Gasteiger partial charge < -0.3 is 15.5 Å². The molecule has 3 N–H and O–H groups in total. The molecule has 72 valence electrons. The summed E-state index contributed by atoms with van der Waals surface area (Å²) < 4.78 is 0. The van der Waals surface area contributed by atoms with Gasteiger partial charge in [0.15, 0.2) is 0 Å². The highest BCUT2D eigenvalue weighted by molar-refractivity contribution is 5.85. The first-order valence-electron chi connectivity index (χ1n) is 3.19. The van der Waals surface area contributed by atoms with E-state index < -0.39 is 18.0 Å². The molecule has 12 heavy (non-hydrogen) atoms.